The minimum Gasteiger partial charge on any atom is -0.486 e. The Balaban J connectivity index is 1.72. The number of hydrogen-bond acceptors (Lipinski definition) is 4. The summed E-state index contributed by atoms with van der Waals surface area (Å²) in [6, 6.07) is 5.69. The van der Waals surface area contributed by atoms with Crippen LogP contribution in [0, 0.1) is 5.92 Å². The quantitative estimate of drug-likeness (QED) is 0.865. The van der Waals surface area contributed by atoms with Crippen molar-refractivity contribution in [3.8, 4) is 11.5 Å². The maximum Gasteiger partial charge on any atom is 0.227 e. The standard InChI is InChI=1S/C15H20N2O3/c16-11-4-1-3-10(9-11)15(18)17-12-5-2-6-13-14(12)20-8-7-19-13/h2,5-6,10-11H,1,3-4,7-9,16H2,(H,17,18). The van der Waals surface area contributed by atoms with E-state index in [1.54, 1.807) is 0 Å². The van der Waals surface area contributed by atoms with E-state index >= 15 is 0 Å². The number of anilines is 1. The van der Waals surface area contributed by atoms with Gasteiger partial charge in [0.1, 0.15) is 13.2 Å². The fourth-order valence-corrected chi connectivity index (χ4v) is 2.87. The van der Waals surface area contributed by atoms with Gasteiger partial charge in [0.2, 0.25) is 5.91 Å². The lowest BCUT2D eigenvalue weighted by Crippen LogP contribution is -2.34. The highest BCUT2D eigenvalue weighted by atomic mass is 16.6. The first-order chi connectivity index (χ1) is 9.74. The molecule has 0 saturated heterocycles. The second-order valence-electron chi connectivity index (χ2n) is 5.44. The zero-order chi connectivity index (χ0) is 13.9. The number of hydrogen-bond donors (Lipinski definition) is 2. The third-order valence-electron chi connectivity index (χ3n) is 3.91. The first-order valence-electron chi connectivity index (χ1n) is 7.19. The van der Waals surface area contributed by atoms with Crippen LogP contribution in [0.5, 0.6) is 11.5 Å². The lowest BCUT2D eigenvalue weighted by atomic mass is 9.85. The van der Waals surface area contributed by atoms with Gasteiger partial charge in [-0.1, -0.05) is 12.5 Å². The van der Waals surface area contributed by atoms with Crippen molar-refractivity contribution in [3.63, 3.8) is 0 Å². The second kappa shape index (κ2) is 5.71. The van der Waals surface area contributed by atoms with Crippen LogP contribution in [0.15, 0.2) is 18.2 Å². The Kier molecular flexibility index (Phi) is 3.78. The van der Waals surface area contributed by atoms with Gasteiger partial charge in [0.15, 0.2) is 11.5 Å². The average Bonchev–Trinajstić information content (AvgIpc) is 2.47. The highest BCUT2D eigenvalue weighted by molar-refractivity contribution is 5.94. The molecule has 0 bridgehead atoms. The number of amides is 1. The van der Waals surface area contributed by atoms with E-state index in [9.17, 15) is 4.79 Å². The minimum atomic E-state index is -0.000819. The number of carbonyl (C=O) groups excluding carboxylic acids is 1. The van der Waals surface area contributed by atoms with E-state index < -0.39 is 0 Å². The molecule has 1 aromatic carbocycles. The average molecular weight is 276 g/mol. The molecular weight excluding hydrogens is 256 g/mol. The second-order valence-corrected chi connectivity index (χ2v) is 5.44. The van der Waals surface area contributed by atoms with Crippen LogP contribution in [0.1, 0.15) is 25.7 Å². The monoisotopic (exact) mass is 276 g/mol. The van der Waals surface area contributed by atoms with Crippen LogP contribution in [0.25, 0.3) is 0 Å². The van der Waals surface area contributed by atoms with Crippen LogP contribution in [-0.2, 0) is 4.79 Å². The molecule has 1 fully saturated rings. The third-order valence-corrected chi connectivity index (χ3v) is 3.91. The number of nitrogens with one attached hydrogen (secondary N) is 1. The fraction of sp³-hybridized carbons (Fsp3) is 0.533. The summed E-state index contributed by atoms with van der Waals surface area (Å²) < 4.78 is 11.1. The molecule has 1 aromatic rings. The van der Waals surface area contributed by atoms with E-state index in [1.807, 2.05) is 18.2 Å². The van der Waals surface area contributed by atoms with E-state index in [0.717, 1.165) is 25.7 Å². The summed E-state index contributed by atoms with van der Waals surface area (Å²) >= 11 is 0. The first-order valence-corrected chi connectivity index (χ1v) is 7.19. The van der Waals surface area contributed by atoms with Gasteiger partial charge < -0.3 is 20.5 Å². The molecule has 20 heavy (non-hydrogen) atoms. The normalized spacial score (nSPS) is 25.1. The number of carbonyl (C=O) groups is 1. The molecule has 3 N–H and O–H groups in total. The Morgan fingerprint density at radius 1 is 1.25 bits per heavy atom. The molecule has 0 aromatic heterocycles. The lowest BCUT2D eigenvalue weighted by molar-refractivity contribution is -0.120. The first kappa shape index (κ1) is 13.2. The van der Waals surface area contributed by atoms with E-state index in [-0.39, 0.29) is 17.9 Å². The van der Waals surface area contributed by atoms with Crippen molar-refractivity contribution >= 4 is 11.6 Å². The molecule has 1 heterocycles. The van der Waals surface area contributed by atoms with Crippen LogP contribution < -0.4 is 20.5 Å². The lowest BCUT2D eigenvalue weighted by Gasteiger charge is -2.26. The van der Waals surface area contributed by atoms with E-state index in [4.69, 9.17) is 15.2 Å². The molecule has 108 valence electrons. The van der Waals surface area contributed by atoms with Gasteiger partial charge in [-0.05, 0) is 31.4 Å². The molecule has 0 radical (unpaired) electrons. The Morgan fingerprint density at radius 2 is 2.10 bits per heavy atom. The van der Waals surface area contributed by atoms with Crippen molar-refractivity contribution in [2.24, 2.45) is 11.7 Å². The highest BCUT2D eigenvalue weighted by Crippen LogP contribution is 2.37. The molecule has 2 atom stereocenters. The Morgan fingerprint density at radius 3 is 2.95 bits per heavy atom. The van der Waals surface area contributed by atoms with E-state index in [1.165, 1.54) is 0 Å². The van der Waals surface area contributed by atoms with Crippen molar-refractivity contribution in [3.05, 3.63) is 18.2 Å². The van der Waals surface area contributed by atoms with Gasteiger partial charge in [-0.25, -0.2) is 0 Å². The molecule has 2 aliphatic rings. The third kappa shape index (κ3) is 2.72. The van der Waals surface area contributed by atoms with Crippen molar-refractivity contribution in [1.29, 1.82) is 0 Å². The summed E-state index contributed by atoms with van der Waals surface area (Å²) in [5, 5.41) is 2.96. The van der Waals surface area contributed by atoms with Gasteiger partial charge in [-0.3, -0.25) is 4.79 Å². The fourth-order valence-electron chi connectivity index (χ4n) is 2.87. The number of fused-ring (bicyclic) bond motifs is 1. The van der Waals surface area contributed by atoms with Crippen molar-refractivity contribution < 1.29 is 14.3 Å². The van der Waals surface area contributed by atoms with Crippen molar-refractivity contribution in [2.45, 2.75) is 31.7 Å². The molecule has 3 rings (SSSR count). The Labute approximate surface area is 118 Å². The van der Waals surface area contributed by atoms with Gasteiger partial charge >= 0.3 is 0 Å². The van der Waals surface area contributed by atoms with E-state index in [0.29, 0.717) is 30.4 Å². The molecular formula is C15H20N2O3. The van der Waals surface area contributed by atoms with Crippen LogP contribution in [0.4, 0.5) is 5.69 Å². The summed E-state index contributed by atoms with van der Waals surface area (Å²) in [5.74, 6) is 1.35. The topological polar surface area (TPSA) is 73.6 Å². The SMILES string of the molecule is NC1CCCC(C(=O)Nc2cccc3c2OCCO3)C1. The van der Waals surface area contributed by atoms with Gasteiger partial charge in [0.25, 0.3) is 0 Å². The number of rotatable bonds is 2. The molecule has 5 nitrogen and oxygen atoms in total. The molecule has 1 saturated carbocycles. The zero-order valence-corrected chi connectivity index (χ0v) is 11.4. The maximum atomic E-state index is 12.3. The van der Waals surface area contributed by atoms with Gasteiger partial charge in [-0.2, -0.15) is 0 Å². The summed E-state index contributed by atoms with van der Waals surface area (Å²) in [5.41, 5.74) is 6.63. The van der Waals surface area contributed by atoms with Crippen LogP contribution in [0.3, 0.4) is 0 Å². The van der Waals surface area contributed by atoms with Gasteiger partial charge in [-0.15, -0.1) is 0 Å². The Hall–Kier alpha value is -1.75. The van der Waals surface area contributed by atoms with Crippen LogP contribution >= 0.6 is 0 Å². The molecule has 5 heteroatoms. The predicted octanol–water partition coefficient (Wildman–Crippen LogP) is 1.91. The summed E-state index contributed by atoms with van der Waals surface area (Å²) in [7, 11) is 0. The number of ether oxygens (including phenoxy) is 2. The molecule has 1 aliphatic carbocycles. The Bertz CT molecular complexity index is 504. The molecule has 1 aliphatic heterocycles. The van der Waals surface area contributed by atoms with Crippen LogP contribution in [0.2, 0.25) is 0 Å². The predicted molar refractivity (Wildman–Crippen MR) is 76.0 cm³/mol. The maximum absolute atomic E-state index is 12.3. The van der Waals surface area contributed by atoms with Gasteiger partial charge in [0, 0.05) is 12.0 Å². The zero-order valence-electron chi connectivity index (χ0n) is 11.4. The van der Waals surface area contributed by atoms with E-state index in [2.05, 4.69) is 5.32 Å². The molecule has 1 amide bonds. The summed E-state index contributed by atoms with van der Waals surface area (Å²) in [6.45, 7) is 1.05. The summed E-state index contributed by atoms with van der Waals surface area (Å²) in [6.07, 6.45) is 3.71. The number of para-hydroxylation sites is 1. The van der Waals surface area contributed by atoms with Gasteiger partial charge in [0.05, 0.1) is 5.69 Å². The molecule has 2 unspecified atom stereocenters. The van der Waals surface area contributed by atoms with Crippen molar-refractivity contribution in [2.75, 3.05) is 18.5 Å². The largest absolute Gasteiger partial charge is 0.486 e. The molecule has 0 spiro atoms. The van der Waals surface area contributed by atoms with Crippen LogP contribution in [-0.4, -0.2) is 25.2 Å². The summed E-state index contributed by atoms with van der Waals surface area (Å²) in [4.78, 5) is 12.3. The minimum absolute atomic E-state index is 0.000819. The smallest absolute Gasteiger partial charge is 0.227 e. The van der Waals surface area contributed by atoms with Crippen molar-refractivity contribution in [1.82, 2.24) is 0 Å². The number of benzene rings is 1. The highest BCUT2D eigenvalue weighted by Gasteiger charge is 2.26. The number of nitrogens with two attached hydrogens (primary N) is 1.